The minimum Gasteiger partial charge on any atom is -0.409 e. The van der Waals surface area contributed by atoms with Gasteiger partial charge in [0, 0.05) is 14.1 Å². The van der Waals surface area contributed by atoms with E-state index >= 15 is 0 Å². The van der Waals surface area contributed by atoms with Gasteiger partial charge in [-0.25, -0.2) is 0 Å². The summed E-state index contributed by atoms with van der Waals surface area (Å²) in [7, 11) is 3.63. The molecule has 0 aliphatic rings. The van der Waals surface area contributed by atoms with Gasteiger partial charge in [-0.3, -0.25) is 0 Å². The molecule has 0 saturated carbocycles. The molecule has 0 spiro atoms. The number of hydrogen-bond acceptors (Lipinski definition) is 2. The van der Waals surface area contributed by atoms with Crippen molar-refractivity contribution in [3.63, 3.8) is 0 Å². The Morgan fingerprint density at radius 1 is 1.57 bits per heavy atom. The third-order valence-electron chi connectivity index (χ3n) is 0.792. The van der Waals surface area contributed by atoms with E-state index in [0.717, 1.165) is 0 Å². The van der Waals surface area contributed by atoms with Crippen LogP contribution in [0.1, 0.15) is 6.92 Å². The van der Waals surface area contributed by atoms with Crippen LogP contribution in [0.25, 0.3) is 0 Å². The lowest BCUT2D eigenvalue weighted by Crippen LogP contribution is -2.17. The predicted octanol–water partition coefficient (Wildman–Crippen LogP) is 0.356. The molecule has 3 nitrogen and oxygen atoms in total. The molecule has 0 bridgehead atoms. The summed E-state index contributed by atoms with van der Waals surface area (Å²) in [6, 6.07) is 0. The second kappa shape index (κ2) is 2.44. The van der Waals surface area contributed by atoms with Crippen LogP contribution in [0.4, 0.5) is 0 Å². The Morgan fingerprint density at radius 3 is 2.00 bits per heavy atom. The lowest BCUT2D eigenvalue weighted by molar-refractivity contribution is 0.309. The number of hydrogen-bond donors (Lipinski definition) is 1. The van der Waals surface area contributed by atoms with E-state index in [4.69, 9.17) is 5.21 Å². The molecule has 0 amide bonds. The first-order valence-electron chi connectivity index (χ1n) is 2.04. The number of amidine groups is 1. The fourth-order valence-electron chi connectivity index (χ4n) is 0.0894. The van der Waals surface area contributed by atoms with Crippen molar-refractivity contribution in [2.45, 2.75) is 6.92 Å². The summed E-state index contributed by atoms with van der Waals surface area (Å²) in [6.45, 7) is 1.72. The normalized spacial score (nSPS) is 11.6. The molecular weight excluding hydrogens is 92.1 g/mol. The largest absolute Gasteiger partial charge is 0.409 e. The summed E-state index contributed by atoms with van der Waals surface area (Å²) < 4.78 is 0. The summed E-state index contributed by atoms with van der Waals surface area (Å²) in [6.07, 6.45) is 0. The molecule has 0 unspecified atom stereocenters. The molecule has 0 rings (SSSR count). The zero-order valence-electron chi connectivity index (χ0n) is 4.84. The topological polar surface area (TPSA) is 35.8 Å². The van der Waals surface area contributed by atoms with Crippen molar-refractivity contribution in [3.8, 4) is 0 Å². The number of nitrogens with zero attached hydrogens (tertiary/aromatic N) is 2. The third-order valence-corrected chi connectivity index (χ3v) is 0.792. The van der Waals surface area contributed by atoms with Crippen molar-refractivity contribution < 1.29 is 5.21 Å². The Morgan fingerprint density at radius 2 is 2.00 bits per heavy atom. The van der Waals surface area contributed by atoms with Crippen molar-refractivity contribution in [2.75, 3.05) is 14.1 Å². The summed E-state index contributed by atoms with van der Waals surface area (Å²) in [5, 5.41) is 11.0. The average Bonchev–Trinajstić information content (AvgIpc) is 1.65. The first-order valence-corrected chi connectivity index (χ1v) is 2.04. The molecule has 0 fully saturated rings. The Hall–Kier alpha value is -0.730. The molecule has 0 aromatic carbocycles. The molecule has 42 valence electrons. The minimum absolute atomic E-state index is 0.611. The average molecular weight is 102 g/mol. The highest BCUT2D eigenvalue weighted by atomic mass is 16.4. The van der Waals surface area contributed by atoms with Gasteiger partial charge in [-0.2, -0.15) is 0 Å². The maximum absolute atomic E-state index is 8.05. The van der Waals surface area contributed by atoms with Gasteiger partial charge >= 0.3 is 0 Å². The van der Waals surface area contributed by atoms with E-state index in [9.17, 15) is 0 Å². The molecule has 3 heteroatoms. The molecule has 0 aliphatic heterocycles. The minimum atomic E-state index is 0.611. The van der Waals surface area contributed by atoms with Crippen LogP contribution in [0.5, 0.6) is 0 Å². The second-order valence-corrected chi connectivity index (χ2v) is 1.54. The predicted molar refractivity (Wildman–Crippen MR) is 28.6 cm³/mol. The van der Waals surface area contributed by atoms with Crippen LogP contribution in [0, 0.1) is 0 Å². The quantitative estimate of drug-likeness (QED) is 0.207. The monoisotopic (exact) mass is 102 g/mol. The van der Waals surface area contributed by atoms with Crippen LogP contribution in [0.2, 0.25) is 0 Å². The lowest BCUT2D eigenvalue weighted by atomic mass is 10.6. The molecule has 7 heavy (non-hydrogen) atoms. The van der Waals surface area contributed by atoms with E-state index in [1.54, 1.807) is 11.8 Å². The first kappa shape index (κ1) is 6.27. The van der Waals surface area contributed by atoms with Crippen molar-refractivity contribution in [3.05, 3.63) is 0 Å². The maximum atomic E-state index is 8.05. The molecule has 0 aromatic rings. The Bertz CT molecular complexity index is 77.8. The van der Waals surface area contributed by atoms with Crippen LogP contribution in [-0.2, 0) is 0 Å². The summed E-state index contributed by atoms with van der Waals surface area (Å²) in [5.74, 6) is 0.611. The lowest BCUT2D eigenvalue weighted by Gasteiger charge is -2.06. The fraction of sp³-hybridized carbons (Fsp3) is 0.750. The molecular formula is C4H10N2O. The van der Waals surface area contributed by atoms with Gasteiger partial charge in [0.15, 0.2) is 0 Å². The zero-order chi connectivity index (χ0) is 5.86. The van der Waals surface area contributed by atoms with E-state index < -0.39 is 0 Å². The molecule has 0 aromatic heterocycles. The highest BCUT2D eigenvalue weighted by molar-refractivity contribution is 5.78. The Balaban J connectivity index is 3.56. The smallest absolute Gasteiger partial charge is 0.140 e. The van der Waals surface area contributed by atoms with E-state index in [-0.39, 0.29) is 0 Å². The van der Waals surface area contributed by atoms with Crippen molar-refractivity contribution in [1.82, 2.24) is 4.90 Å². The summed E-state index contributed by atoms with van der Waals surface area (Å²) in [5.41, 5.74) is 0. The Kier molecular flexibility index (Phi) is 2.19. The molecule has 0 radical (unpaired) electrons. The van der Waals surface area contributed by atoms with Crippen LogP contribution >= 0.6 is 0 Å². The first-order chi connectivity index (χ1) is 3.18. The van der Waals surface area contributed by atoms with Gasteiger partial charge in [0.25, 0.3) is 0 Å². The van der Waals surface area contributed by atoms with Gasteiger partial charge in [-0.15, -0.1) is 0 Å². The van der Waals surface area contributed by atoms with E-state index in [1.165, 1.54) is 0 Å². The standard InChI is InChI=1S/C4H10N2O/c1-4(5-7)6(2)3/h7H,1-3H3. The molecule has 0 atom stereocenters. The van der Waals surface area contributed by atoms with Gasteiger partial charge in [0.2, 0.25) is 0 Å². The van der Waals surface area contributed by atoms with Crippen molar-refractivity contribution in [1.29, 1.82) is 0 Å². The van der Waals surface area contributed by atoms with Gasteiger partial charge < -0.3 is 10.1 Å². The second-order valence-electron chi connectivity index (χ2n) is 1.54. The van der Waals surface area contributed by atoms with Crippen LogP contribution < -0.4 is 0 Å². The van der Waals surface area contributed by atoms with Gasteiger partial charge in [-0.05, 0) is 6.92 Å². The molecule has 0 saturated heterocycles. The summed E-state index contributed by atoms with van der Waals surface area (Å²) >= 11 is 0. The zero-order valence-corrected chi connectivity index (χ0v) is 4.84. The maximum Gasteiger partial charge on any atom is 0.140 e. The number of rotatable bonds is 0. The van der Waals surface area contributed by atoms with Gasteiger partial charge in [0.05, 0.1) is 0 Å². The number of oxime groups is 1. The molecule has 0 aliphatic carbocycles. The van der Waals surface area contributed by atoms with E-state index in [2.05, 4.69) is 5.16 Å². The van der Waals surface area contributed by atoms with Crippen LogP contribution in [-0.4, -0.2) is 30.0 Å². The van der Waals surface area contributed by atoms with Crippen LogP contribution in [0.3, 0.4) is 0 Å². The summed E-state index contributed by atoms with van der Waals surface area (Å²) in [4.78, 5) is 1.72. The highest BCUT2D eigenvalue weighted by Gasteiger charge is 1.87. The van der Waals surface area contributed by atoms with Crippen molar-refractivity contribution >= 4 is 5.84 Å². The Labute approximate surface area is 43.2 Å². The van der Waals surface area contributed by atoms with Gasteiger partial charge in [0.1, 0.15) is 5.84 Å². The van der Waals surface area contributed by atoms with E-state index in [0.29, 0.717) is 5.84 Å². The molecule has 0 heterocycles. The highest BCUT2D eigenvalue weighted by Crippen LogP contribution is 1.76. The van der Waals surface area contributed by atoms with Crippen LogP contribution in [0.15, 0.2) is 5.16 Å². The third kappa shape index (κ3) is 2.03. The SMILES string of the molecule is CC(=NO)N(C)C. The van der Waals surface area contributed by atoms with Crippen molar-refractivity contribution in [2.24, 2.45) is 5.16 Å². The molecule has 1 N–H and O–H groups in total. The fourth-order valence-corrected chi connectivity index (χ4v) is 0.0894. The van der Waals surface area contributed by atoms with Gasteiger partial charge in [-0.1, -0.05) is 5.16 Å². The van der Waals surface area contributed by atoms with E-state index in [1.807, 2.05) is 14.1 Å².